The number of carbonyl (C=O) groups is 1. The van der Waals surface area contributed by atoms with Gasteiger partial charge in [0.25, 0.3) is 5.56 Å². The number of nitrogen functional groups attached to an aromatic ring is 1. The lowest BCUT2D eigenvalue weighted by atomic mass is 10.0. The fraction of sp³-hybridized carbons (Fsp3) is 0.143. The first-order chi connectivity index (χ1) is 13.0. The summed E-state index contributed by atoms with van der Waals surface area (Å²) in [6.07, 6.45) is 1.94. The lowest BCUT2D eigenvalue weighted by Gasteiger charge is -2.18. The zero-order chi connectivity index (χ0) is 19.4. The van der Waals surface area contributed by atoms with Gasteiger partial charge in [-0.2, -0.15) is 0 Å². The molecule has 0 radical (unpaired) electrons. The summed E-state index contributed by atoms with van der Waals surface area (Å²) in [5.74, 6) is -0.476. The minimum atomic E-state index is -0.754. The summed E-state index contributed by atoms with van der Waals surface area (Å²) < 4.78 is 6.29. The number of aromatic nitrogens is 1. The Labute approximate surface area is 162 Å². The van der Waals surface area contributed by atoms with Crippen LogP contribution in [-0.2, 0) is 16.0 Å². The van der Waals surface area contributed by atoms with Crippen LogP contribution in [0, 0.1) is 0 Å². The van der Waals surface area contributed by atoms with Crippen LogP contribution in [0.3, 0.4) is 0 Å². The Bertz CT molecular complexity index is 1020. The molecule has 27 heavy (non-hydrogen) atoms. The van der Waals surface area contributed by atoms with E-state index in [-0.39, 0.29) is 5.56 Å². The topological polar surface area (TPSA) is 74.3 Å². The first-order valence-electron chi connectivity index (χ1n) is 8.39. The number of nitrogens with zero attached hydrogens (tertiary/aromatic N) is 1. The van der Waals surface area contributed by atoms with Crippen LogP contribution in [0.4, 0.5) is 5.69 Å². The number of esters is 1. The number of benzene rings is 2. The van der Waals surface area contributed by atoms with Crippen LogP contribution in [0.15, 0.2) is 71.7 Å². The van der Waals surface area contributed by atoms with Crippen molar-refractivity contribution >= 4 is 23.3 Å². The number of hydrogen-bond donors (Lipinski definition) is 1. The summed E-state index contributed by atoms with van der Waals surface area (Å²) in [7, 11) is 1.31. The van der Waals surface area contributed by atoms with Gasteiger partial charge in [0.1, 0.15) is 6.04 Å². The number of pyridine rings is 1. The Morgan fingerprint density at radius 3 is 2.56 bits per heavy atom. The summed E-state index contributed by atoms with van der Waals surface area (Å²) in [6, 6.07) is 17.0. The van der Waals surface area contributed by atoms with Crippen molar-refractivity contribution in [2.24, 2.45) is 0 Å². The summed E-state index contributed by atoms with van der Waals surface area (Å²) in [6.45, 7) is 0. The molecule has 1 unspecified atom stereocenters. The molecule has 6 heteroatoms. The van der Waals surface area contributed by atoms with Gasteiger partial charge < -0.3 is 15.0 Å². The summed E-state index contributed by atoms with van der Waals surface area (Å²) >= 11 is 6.04. The van der Waals surface area contributed by atoms with E-state index in [0.29, 0.717) is 28.3 Å². The average Bonchev–Trinajstić information content (AvgIpc) is 2.68. The molecule has 3 aromatic rings. The van der Waals surface area contributed by atoms with E-state index in [2.05, 4.69) is 0 Å². The second-order valence-corrected chi connectivity index (χ2v) is 6.56. The second-order valence-electron chi connectivity index (χ2n) is 6.12. The van der Waals surface area contributed by atoms with Gasteiger partial charge in [-0.3, -0.25) is 4.79 Å². The molecule has 0 aliphatic rings. The van der Waals surface area contributed by atoms with Crippen molar-refractivity contribution in [1.29, 1.82) is 0 Å². The molecule has 0 saturated heterocycles. The Hall–Kier alpha value is -3.05. The van der Waals surface area contributed by atoms with Crippen molar-refractivity contribution in [2.45, 2.75) is 12.5 Å². The number of methoxy groups -OCH3 is 1. The van der Waals surface area contributed by atoms with Crippen molar-refractivity contribution in [2.75, 3.05) is 12.8 Å². The quantitative estimate of drug-likeness (QED) is 0.539. The smallest absolute Gasteiger partial charge is 0.329 e. The molecule has 0 amide bonds. The van der Waals surface area contributed by atoms with Gasteiger partial charge in [0, 0.05) is 35.0 Å². The molecular weight excluding hydrogens is 364 g/mol. The first kappa shape index (κ1) is 18.7. The number of nitrogens with two attached hydrogens (primary N) is 1. The maximum atomic E-state index is 12.7. The molecule has 2 N–H and O–H groups in total. The van der Waals surface area contributed by atoms with E-state index in [0.717, 1.165) is 5.56 Å². The van der Waals surface area contributed by atoms with Gasteiger partial charge in [-0.1, -0.05) is 41.9 Å². The number of halogens is 1. The highest BCUT2D eigenvalue weighted by Crippen LogP contribution is 2.28. The third-order valence-corrected chi connectivity index (χ3v) is 4.59. The Balaban J connectivity index is 2.00. The van der Waals surface area contributed by atoms with Gasteiger partial charge in [-0.15, -0.1) is 0 Å². The van der Waals surface area contributed by atoms with E-state index in [9.17, 15) is 9.59 Å². The van der Waals surface area contributed by atoms with Gasteiger partial charge in [0.05, 0.1) is 7.11 Å². The SMILES string of the molecule is COC(=O)C(Cc1ccccc1)n1ccc(-c2cc(Cl)ccc2N)cc1=O. The number of anilines is 1. The monoisotopic (exact) mass is 382 g/mol. The molecule has 1 atom stereocenters. The minimum absolute atomic E-state index is 0.321. The fourth-order valence-electron chi connectivity index (χ4n) is 2.96. The normalized spacial score (nSPS) is 11.8. The van der Waals surface area contributed by atoms with Crippen LogP contribution in [0.1, 0.15) is 11.6 Å². The molecule has 1 aromatic heterocycles. The molecule has 138 valence electrons. The molecule has 3 rings (SSSR count). The maximum absolute atomic E-state index is 12.7. The summed E-state index contributed by atoms with van der Waals surface area (Å²) in [5.41, 5.74) is 8.44. The molecule has 0 aliphatic heterocycles. The summed E-state index contributed by atoms with van der Waals surface area (Å²) in [4.78, 5) is 25.0. The van der Waals surface area contributed by atoms with Gasteiger partial charge in [-0.05, 0) is 35.4 Å². The predicted molar refractivity (Wildman–Crippen MR) is 107 cm³/mol. The van der Waals surface area contributed by atoms with E-state index in [1.54, 1.807) is 30.5 Å². The molecule has 0 aliphatic carbocycles. The molecule has 2 aromatic carbocycles. The standard InChI is InChI=1S/C21H19ClN2O3/c1-27-21(26)19(11-14-5-3-2-4-6-14)24-10-9-15(12-20(24)25)17-13-16(22)7-8-18(17)23/h2-10,12-13,19H,11,23H2,1H3. The third-order valence-electron chi connectivity index (χ3n) is 4.36. The van der Waals surface area contributed by atoms with Crippen LogP contribution < -0.4 is 11.3 Å². The van der Waals surface area contributed by atoms with Crippen molar-refractivity contribution < 1.29 is 9.53 Å². The van der Waals surface area contributed by atoms with Crippen LogP contribution in [-0.4, -0.2) is 17.6 Å². The molecular formula is C21H19ClN2O3. The van der Waals surface area contributed by atoms with Gasteiger partial charge in [0.15, 0.2) is 0 Å². The van der Waals surface area contributed by atoms with E-state index >= 15 is 0 Å². The average molecular weight is 383 g/mol. The van der Waals surface area contributed by atoms with Gasteiger partial charge >= 0.3 is 5.97 Å². The third kappa shape index (κ3) is 4.20. The largest absolute Gasteiger partial charge is 0.467 e. The lowest BCUT2D eigenvalue weighted by molar-refractivity contribution is -0.144. The lowest BCUT2D eigenvalue weighted by Crippen LogP contribution is -2.31. The van der Waals surface area contributed by atoms with Gasteiger partial charge in [-0.25, -0.2) is 4.79 Å². The Morgan fingerprint density at radius 2 is 1.89 bits per heavy atom. The molecule has 0 spiro atoms. The predicted octanol–water partition coefficient (Wildman–Crippen LogP) is 3.71. The van der Waals surface area contributed by atoms with Crippen molar-refractivity contribution in [3.63, 3.8) is 0 Å². The van der Waals surface area contributed by atoms with Crippen molar-refractivity contribution in [3.8, 4) is 11.1 Å². The van der Waals surface area contributed by atoms with Crippen LogP contribution in [0.2, 0.25) is 5.02 Å². The first-order valence-corrected chi connectivity index (χ1v) is 8.76. The Morgan fingerprint density at radius 1 is 1.15 bits per heavy atom. The highest BCUT2D eigenvalue weighted by molar-refractivity contribution is 6.31. The molecule has 1 heterocycles. The number of ether oxygens (including phenoxy) is 1. The zero-order valence-corrected chi connectivity index (χ0v) is 15.5. The number of rotatable bonds is 5. The van der Waals surface area contributed by atoms with Crippen LogP contribution in [0.5, 0.6) is 0 Å². The summed E-state index contributed by atoms with van der Waals surface area (Å²) in [5, 5.41) is 0.528. The molecule has 5 nitrogen and oxygen atoms in total. The van der Waals surface area contributed by atoms with E-state index in [1.807, 2.05) is 30.3 Å². The number of hydrogen-bond acceptors (Lipinski definition) is 4. The highest BCUT2D eigenvalue weighted by Gasteiger charge is 2.23. The highest BCUT2D eigenvalue weighted by atomic mass is 35.5. The molecule has 0 bridgehead atoms. The van der Waals surface area contributed by atoms with Gasteiger partial charge in [0.2, 0.25) is 0 Å². The zero-order valence-electron chi connectivity index (χ0n) is 14.8. The Kier molecular flexibility index (Phi) is 5.62. The van der Waals surface area contributed by atoms with Crippen LogP contribution >= 0.6 is 11.6 Å². The van der Waals surface area contributed by atoms with Crippen molar-refractivity contribution in [1.82, 2.24) is 4.57 Å². The maximum Gasteiger partial charge on any atom is 0.329 e. The molecule has 0 saturated carbocycles. The van der Waals surface area contributed by atoms with E-state index in [4.69, 9.17) is 22.1 Å². The fourth-order valence-corrected chi connectivity index (χ4v) is 3.13. The van der Waals surface area contributed by atoms with Crippen molar-refractivity contribution in [3.05, 3.63) is 87.8 Å². The van der Waals surface area contributed by atoms with Crippen LogP contribution in [0.25, 0.3) is 11.1 Å². The second kappa shape index (κ2) is 8.10. The molecule has 0 fully saturated rings. The van der Waals surface area contributed by atoms with E-state index < -0.39 is 12.0 Å². The van der Waals surface area contributed by atoms with E-state index in [1.165, 1.54) is 17.7 Å². The number of carbonyl (C=O) groups excluding carboxylic acids is 1. The minimum Gasteiger partial charge on any atom is -0.467 e.